The van der Waals surface area contributed by atoms with Crippen LogP contribution in [0.25, 0.3) is 10.9 Å². The van der Waals surface area contributed by atoms with Gasteiger partial charge in [-0.25, -0.2) is 13.8 Å². The number of pyridine rings is 1. The first-order chi connectivity index (χ1) is 30.8. The molecule has 6 N–H and O–H groups in total. The van der Waals surface area contributed by atoms with Gasteiger partial charge in [0.15, 0.2) is 23.2 Å². The Morgan fingerprint density at radius 3 is 1.94 bits per heavy atom. The number of nitrogens with zero attached hydrogens (tertiary/aromatic N) is 2. The van der Waals surface area contributed by atoms with Crippen LogP contribution < -0.4 is 26.0 Å². The van der Waals surface area contributed by atoms with Crippen LogP contribution in [0.1, 0.15) is 84.6 Å². The van der Waals surface area contributed by atoms with Gasteiger partial charge in [-0.2, -0.15) is 8.78 Å². The molecule has 0 saturated carbocycles. The minimum absolute atomic E-state index is 0.00557. The molecule has 2 aromatic carbocycles. The Morgan fingerprint density at radius 2 is 1.36 bits per heavy atom. The Kier molecular flexibility index (Phi) is 17.3. The first kappa shape index (κ1) is 52.0. The molecule has 17 nitrogen and oxygen atoms in total. The highest BCUT2D eigenvalue weighted by atomic mass is 19.2. The van der Waals surface area contributed by atoms with Crippen molar-refractivity contribution in [1.29, 1.82) is 0 Å². The van der Waals surface area contributed by atoms with Gasteiger partial charge in [0.2, 0.25) is 35.3 Å². The number of nitrogens with one attached hydrogen (secondary N) is 4. The van der Waals surface area contributed by atoms with Gasteiger partial charge in [0.1, 0.15) is 42.5 Å². The smallest absolute Gasteiger partial charge is 0.305 e. The van der Waals surface area contributed by atoms with E-state index in [1.165, 1.54) is 6.07 Å². The number of para-hydroxylation sites is 1. The molecule has 2 heterocycles. The number of benzene rings is 2. The number of amides is 5. The fourth-order valence-electron chi connectivity index (χ4n) is 7.59. The van der Waals surface area contributed by atoms with Crippen molar-refractivity contribution < 1.29 is 70.9 Å². The number of carbonyl (C=O) groups is 8. The van der Waals surface area contributed by atoms with E-state index in [0.717, 1.165) is 10.3 Å². The van der Waals surface area contributed by atoms with Gasteiger partial charge in [-0.15, -0.1) is 0 Å². The quantitative estimate of drug-likeness (QED) is 0.0698. The minimum Gasteiger partial charge on any atom is -0.481 e. The average Bonchev–Trinajstić information content (AvgIpc) is 3.64. The van der Waals surface area contributed by atoms with Gasteiger partial charge in [-0.3, -0.25) is 38.4 Å². The zero-order valence-electron chi connectivity index (χ0n) is 37.4. The molecule has 0 bridgehead atoms. The molecular formula is C45H54F4N6O11. The van der Waals surface area contributed by atoms with Crippen LogP contribution in [-0.4, -0.2) is 111 Å². The molecule has 1 aliphatic rings. The number of ether oxygens (including phenoxy) is 1. The summed E-state index contributed by atoms with van der Waals surface area (Å²) >= 11 is 0. The molecule has 1 saturated heterocycles. The molecule has 358 valence electrons. The monoisotopic (exact) mass is 930 g/mol. The van der Waals surface area contributed by atoms with Crippen molar-refractivity contribution >= 4 is 58.2 Å². The largest absolute Gasteiger partial charge is 0.481 e. The first-order valence-electron chi connectivity index (χ1n) is 21.1. The standard InChI is InChI=1S/C45H54F4N6O11/c1-21(2)36(53-40(61)28-13-12-23-10-8-9-11-27(23)50-28)42(63)52-30(18-33(59)60)41(62)54-37(22(3)4)44(65)55-15-14-24(19-45(5,6)7)38(55)43(64)51-29(17-32(57)58)31(56)20-66-39-34(48)25(46)16-26(47)35(39)49/h8-13,16,21-22,24,29-30,36-38H,14-15,17-20H2,1-7H3,(H,51,64)(H,52,63)(H,53,61)(H,54,62)(H,57,58)(H,59,60)/t24-,29+,30+,36+,37+,38?/m1/s1. The molecule has 1 aromatic heterocycles. The van der Waals surface area contributed by atoms with E-state index in [9.17, 15) is 66.1 Å². The highest BCUT2D eigenvalue weighted by molar-refractivity contribution is 6.00. The fraction of sp³-hybridized carbons (Fsp3) is 0.489. The number of rotatable bonds is 20. The number of hydrogen-bond donors (Lipinski definition) is 6. The number of fused-ring (bicyclic) bond motifs is 1. The van der Waals surface area contributed by atoms with Gasteiger partial charge in [-0.1, -0.05) is 72.7 Å². The SMILES string of the molecule is CC(C)[C@H](NC(=O)c1ccc2ccccc2n1)C(=O)N[C@@H](CC(=O)O)C(=O)N[C@H](C(=O)N1CC[C@H](CC(C)(C)C)C1C(=O)N[C@@H](CC(=O)O)C(=O)COc1c(F)c(F)cc(F)c1F)C(C)C. The maximum Gasteiger partial charge on any atom is 0.305 e. The Balaban J connectivity index is 1.56. The maximum absolute atomic E-state index is 14.5. The summed E-state index contributed by atoms with van der Waals surface area (Å²) < 4.78 is 60.8. The molecule has 4 rings (SSSR count). The molecule has 1 fully saturated rings. The Bertz CT molecular complexity index is 2330. The van der Waals surface area contributed by atoms with Gasteiger partial charge in [0.25, 0.3) is 5.91 Å². The second-order valence-corrected chi connectivity index (χ2v) is 18.0. The summed E-state index contributed by atoms with van der Waals surface area (Å²) in [4.78, 5) is 112. The van der Waals surface area contributed by atoms with Crippen molar-refractivity contribution in [1.82, 2.24) is 31.2 Å². The van der Waals surface area contributed by atoms with Gasteiger partial charge >= 0.3 is 11.9 Å². The molecule has 1 unspecified atom stereocenters. The van der Waals surface area contributed by atoms with Crippen LogP contribution in [0.4, 0.5) is 17.6 Å². The van der Waals surface area contributed by atoms with Crippen LogP contribution >= 0.6 is 0 Å². The highest BCUT2D eigenvalue weighted by Crippen LogP contribution is 2.36. The Labute approximate surface area is 377 Å². The van der Waals surface area contributed by atoms with E-state index in [1.807, 2.05) is 20.8 Å². The number of aromatic nitrogens is 1. The summed E-state index contributed by atoms with van der Waals surface area (Å²) in [6.45, 7) is 10.5. The number of carboxylic acid groups (broad SMARTS) is 2. The zero-order chi connectivity index (χ0) is 49.4. The van der Waals surface area contributed by atoms with Crippen LogP contribution in [0.3, 0.4) is 0 Å². The molecule has 0 aliphatic carbocycles. The topological polar surface area (TPSA) is 250 Å². The second-order valence-electron chi connectivity index (χ2n) is 18.0. The second kappa shape index (κ2) is 22.0. The molecule has 6 atom stereocenters. The number of aliphatic carboxylic acids is 2. The predicted octanol–water partition coefficient (Wildman–Crippen LogP) is 3.91. The van der Waals surface area contributed by atoms with E-state index in [4.69, 9.17) is 4.74 Å². The Morgan fingerprint density at radius 1 is 0.773 bits per heavy atom. The number of hydrogen-bond acceptors (Lipinski definition) is 10. The molecule has 1 aliphatic heterocycles. The lowest BCUT2D eigenvalue weighted by molar-refractivity contribution is -0.146. The minimum atomic E-state index is -1.96. The van der Waals surface area contributed by atoms with Crippen LogP contribution in [0, 0.1) is 46.4 Å². The average molecular weight is 931 g/mol. The molecule has 21 heteroatoms. The maximum atomic E-state index is 14.5. The summed E-state index contributed by atoms with van der Waals surface area (Å²) in [5.74, 6) is -20.0. The van der Waals surface area contributed by atoms with Gasteiger partial charge in [0, 0.05) is 18.0 Å². The molecular weight excluding hydrogens is 877 g/mol. The third kappa shape index (κ3) is 13.4. The first-order valence-corrected chi connectivity index (χ1v) is 21.1. The summed E-state index contributed by atoms with van der Waals surface area (Å²) in [6.07, 6.45) is -1.49. The van der Waals surface area contributed by atoms with E-state index >= 15 is 0 Å². The normalized spacial score (nSPS) is 16.8. The van der Waals surface area contributed by atoms with Crippen molar-refractivity contribution in [2.75, 3.05) is 13.2 Å². The van der Waals surface area contributed by atoms with Crippen molar-refractivity contribution in [3.63, 3.8) is 0 Å². The number of Topliss-reactive ketones (excluding diaryl/α,β-unsaturated/α-hetero) is 1. The van der Waals surface area contributed by atoms with E-state index < -0.39 is 149 Å². The highest BCUT2D eigenvalue weighted by Gasteiger charge is 2.46. The van der Waals surface area contributed by atoms with Crippen LogP contribution in [0.15, 0.2) is 42.5 Å². The van der Waals surface area contributed by atoms with Crippen LogP contribution in [0.2, 0.25) is 0 Å². The van der Waals surface area contributed by atoms with Gasteiger partial charge in [0.05, 0.1) is 18.4 Å². The summed E-state index contributed by atoms with van der Waals surface area (Å²) in [7, 11) is 0. The molecule has 0 spiro atoms. The molecule has 3 aromatic rings. The van der Waals surface area contributed by atoms with Crippen LogP contribution in [0.5, 0.6) is 5.75 Å². The Hall–Kier alpha value is -6.67. The van der Waals surface area contributed by atoms with E-state index in [1.54, 1.807) is 58.0 Å². The lowest BCUT2D eigenvalue weighted by Gasteiger charge is -2.35. The molecule has 5 amide bonds. The number of carboxylic acids is 2. The van der Waals surface area contributed by atoms with Crippen LogP contribution in [-0.2, 0) is 33.6 Å². The van der Waals surface area contributed by atoms with Gasteiger partial charge < -0.3 is 41.1 Å². The third-order valence-electron chi connectivity index (χ3n) is 10.8. The third-order valence-corrected chi connectivity index (χ3v) is 10.8. The fourth-order valence-corrected chi connectivity index (χ4v) is 7.59. The lowest BCUT2D eigenvalue weighted by Crippen LogP contribution is -2.61. The van der Waals surface area contributed by atoms with E-state index in [0.29, 0.717) is 11.9 Å². The number of likely N-dealkylation sites (tertiary alicyclic amines) is 1. The lowest BCUT2D eigenvalue weighted by atomic mass is 9.81. The summed E-state index contributed by atoms with van der Waals surface area (Å²) in [5, 5.41) is 29.9. The van der Waals surface area contributed by atoms with E-state index in [-0.39, 0.29) is 24.7 Å². The van der Waals surface area contributed by atoms with Crippen molar-refractivity contribution in [2.45, 2.75) is 104 Å². The van der Waals surface area contributed by atoms with Crippen molar-refractivity contribution in [2.24, 2.45) is 23.2 Å². The van der Waals surface area contributed by atoms with Gasteiger partial charge in [-0.05, 0) is 48.1 Å². The van der Waals surface area contributed by atoms with Crippen molar-refractivity contribution in [3.05, 3.63) is 71.4 Å². The number of ketones is 1. The summed E-state index contributed by atoms with van der Waals surface area (Å²) in [6, 6.07) is 2.25. The van der Waals surface area contributed by atoms with E-state index in [2.05, 4.69) is 26.3 Å². The molecule has 66 heavy (non-hydrogen) atoms. The predicted molar refractivity (Wildman–Crippen MR) is 227 cm³/mol. The van der Waals surface area contributed by atoms with Crippen molar-refractivity contribution in [3.8, 4) is 5.75 Å². The summed E-state index contributed by atoms with van der Waals surface area (Å²) in [5.41, 5.74) is 0.0652. The molecule has 0 radical (unpaired) electrons. The zero-order valence-corrected chi connectivity index (χ0v) is 37.4. The number of halogens is 4. The number of carbonyl (C=O) groups excluding carboxylic acids is 6.